The first-order valence-corrected chi connectivity index (χ1v) is 10.5. The van der Waals surface area contributed by atoms with E-state index >= 15 is 0 Å². The predicted molar refractivity (Wildman–Crippen MR) is 106 cm³/mol. The highest BCUT2D eigenvalue weighted by Gasteiger charge is 2.43. The molecule has 8 nitrogen and oxygen atoms in total. The number of hydrogen-bond donors (Lipinski definition) is 3. The average molecular weight is 403 g/mol. The average Bonchev–Trinajstić information content (AvgIpc) is 3.12. The predicted octanol–water partition coefficient (Wildman–Crippen LogP) is 1.70. The number of aromatic amines is 1. The van der Waals surface area contributed by atoms with Crippen molar-refractivity contribution in [2.45, 2.75) is 24.6 Å². The van der Waals surface area contributed by atoms with Crippen molar-refractivity contribution in [1.29, 1.82) is 0 Å². The molecule has 1 amide bonds. The van der Waals surface area contributed by atoms with Gasteiger partial charge in [-0.1, -0.05) is 6.07 Å². The van der Waals surface area contributed by atoms with Crippen LogP contribution in [0.25, 0.3) is 22.0 Å². The lowest BCUT2D eigenvalue weighted by Gasteiger charge is -2.25. The molecule has 1 aromatic carbocycles. The number of hydrogen-bond acceptors (Lipinski definition) is 5. The standard InChI is InChI=1S/C19H21N3O5S/c1-19(18(24)21-25,28(2,26)27)7-10-22-9-6-14(12-17(22)23)13-3-4-16-15(11-13)5-8-20-16/h3-6,8-9,11-12,20,25H,7,10H2,1-2H3,(H,21,24). The molecule has 3 N–H and O–H groups in total. The summed E-state index contributed by atoms with van der Waals surface area (Å²) in [5.41, 5.74) is 3.71. The fourth-order valence-electron chi connectivity index (χ4n) is 3.02. The summed E-state index contributed by atoms with van der Waals surface area (Å²) in [6.07, 6.45) is 4.17. The van der Waals surface area contributed by atoms with Crippen LogP contribution < -0.4 is 11.0 Å². The van der Waals surface area contributed by atoms with E-state index in [1.54, 1.807) is 12.3 Å². The van der Waals surface area contributed by atoms with E-state index in [-0.39, 0.29) is 18.5 Å². The van der Waals surface area contributed by atoms with Gasteiger partial charge < -0.3 is 9.55 Å². The molecule has 3 aromatic rings. The van der Waals surface area contributed by atoms with E-state index in [0.717, 1.165) is 28.3 Å². The summed E-state index contributed by atoms with van der Waals surface area (Å²) in [6.45, 7) is 1.23. The summed E-state index contributed by atoms with van der Waals surface area (Å²) in [4.78, 5) is 27.5. The second-order valence-electron chi connectivity index (χ2n) is 6.92. The van der Waals surface area contributed by atoms with Crippen LogP contribution in [0.5, 0.6) is 0 Å². The minimum absolute atomic E-state index is 0.00689. The molecule has 0 saturated carbocycles. The summed E-state index contributed by atoms with van der Waals surface area (Å²) in [5.74, 6) is -1.03. The van der Waals surface area contributed by atoms with Crippen molar-refractivity contribution in [2.24, 2.45) is 0 Å². The van der Waals surface area contributed by atoms with Crippen LogP contribution >= 0.6 is 0 Å². The first-order valence-electron chi connectivity index (χ1n) is 8.58. The lowest BCUT2D eigenvalue weighted by molar-refractivity contribution is -0.131. The van der Waals surface area contributed by atoms with E-state index in [1.165, 1.54) is 23.0 Å². The van der Waals surface area contributed by atoms with Gasteiger partial charge in [0.15, 0.2) is 14.6 Å². The Labute approximate surface area is 161 Å². The van der Waals surface area contributed by atoms with E-state index in [4.69, 9.17) is 5.21 Å². The molecule has 0 fully saturated rings. The minimum Gasteiger partial charge on any atom is -0.361 e. The number of fused-ring (bicyclic) bond motifs is 1. The maximum Gasteiger partial charge on any atom is 0.264 e. The molecule has 2 heterocycles. The van der Waals surface area contributed by atoms with Crippen molar-refractivity contribution in [3.05, 3.63) is 59.1 Å². The number of aromatic nitrogens is 2. The van der Waals surface area contributed by atoms with Gasteiger partial charge in [0.25, 0.3) is 11.5 Å². The van der Waals surface area contributed by atoms with Crippen LogP contribution in [0, 0.1) is 0 Å². The molecule has 0 saturated heterocycles. The van der Waals surface area contributed by atoms with Crippen molar-refractivity contribution in [3.63, 3.8) is 0 Å². The van der Waals surface area contributed by atoms with Gasteiger partial charge in [0.2, 0.25) is 0 Å². The first kappa shape index (κ1) is 19.8. The molecule has 148 valence electrons. The second kappa shape index (κ2) is 7.25. The lowest BCUT2D eigenvalue weighted by atomic mass is 10.0. The number of H-pyrrole nitrogens is 1. The SMILES string of the molecule is CC(CCn1ccc(-c2ccc3[nH]ccc3c2)cc1=O)(C(=O)NO)S(C)(=O)=O. The Kier molecular flexibility index (Phi) is 5.14. The van der Waals surface area contributed by atoms with Crippen LogP contribution in [-0.2, 0) is 21.2 Å². The summed E-state index contributed by atoms with van der Waals surface area (Å²) in [6, 6.07) is 11.0. The van der Waals surface area contributed by atoms with Crippen LogP contribution in [-0.4, -0.2) is 40.1 Å². The van der Waals surface area contributed by atoms with Crippen molar-refractivity contribution in [1.82, 2.24) is 15.0 Å². The van der Waals surface area contributed by atoms with E-state index in [2.05, 4.69) is 4.98 Å². The van der Waals surface area contributed by atoms with Crippen molar-refractivity contribution < 1.29 is 18.4 Å². The number of rotatable bonds is 6. The third kappa shape index (κ3) is 3.58. The summed E-state index contributed by atoms with van der Waals surface area (Å²) in [5, 5.41) is 9.90. The number of hydroxylamine groups is 1. The fourth-order valence-corrected chi connectivity index (χ4v) is 3.87. The third-order valence-corrected chi connectivity index (χ3v) is 7.14. The van der Waals surface area contributed by atoms with Gasteiger partial charge >= 0.3 is 0 Å². The third-order valence-electron chi connectivity index (χ3n) is 5.11. The van der Waals surface area contributed by atoms with Crippen LogP contribution in [0.15, 0.2) is 53.6 Å². The molecular formula is C19H21N3O5S. The molecule has 1 atom stereocenters. The van der Waals surface area contributed by atoms with Crippen LogP contribution in [0.1, 0.15) is 13.3 Å². The number of pyridine rings is 1. The van der Waals surface area contributed by atoms with Gasteiger partial charge in [-0.25, -0.2) is 13.9 Å². The van der Waals surface area contributed by atoms with Gasteiger partial charge in [0.1, 0.15) is 0 Å². The monoisotopic (exact) mass is 403 g/mol. The zero-order chi connectivity index (χ0) is 20.5. The maximum absolute atomic E-state index is 12.5. The van der Waals surface area contributed by atoms with Crippen molar-refractivity contribution in [2.75, 3.05) is 6.26 Å². The van der Waals surface area contributed by atoms with Crippen LogP contribution in [0.4, 0.5) is 0 Å². The molecule has 0 aliphatic carbocycles. The Bertz CT molecular complexity index is 1200. The number of amides is 1. The summed E-state index contributed by atoms with van der Waals surface area (Å²) in [7, 11) is -3.82. The molecule has 9 heteroatoms. The summed E-state index contributed by atoms with van der Waals surface area (Å²) >= 11 is 0. The minimum atomic E-state index is -3.82. The number of nitrogens with one attached hydrogen (secondary N) is 2. The number of nitrogens with zero attached hydrogens (tertiary/aromatic N) is 1. The zero-order valence-corrected chi connectivity index (χ0v) is 16.3. The molecule has 0 aliphatic rings. The van der Waals surface area contributed by atoms with Crippen molar-refractivity contribution >= 4 is 26.6 Å². The van der Waals surface area contributed by atoms with E-state index < -0.39 is 20.5 Å². The summed E-state index contributed by atoms with van der Waals surface area (Å²) < 4.78 is 23.5. The molecule has 0 aliphatic heterocycles. The molecule has 2 aromatic heterocycles. The number of carbonyl (C=O) groups is 1. The smallest absolute Gasteiger partial charge is 0.264 e. The lowest BCUT2D eigenvalue weighted by Crippen LogP contribution is -2.49. The molecular weight excluding hydrogens is 382 g/mol. The largest absolute Gasteiger partial charge is 0.361 e. The van der Waals surface area contributed by atoms with Gasteiger partial charge in [-0.15, -0.1) is 0 Å². The number of benzene rings is 1. The molecule has 0 spiro atoms. The first-order chi connectivity index (χ1) is 13.2. The van der Waals surface area contributed by atoms with Gasteiger partial charge in [0, 0.05) is 36.8 Å². The van der Waals surface area contributed by atoms with E-state index in [9.17, 15) is 18.0 Å². The van der Waals surface area contributed by atoms with E-state index in [0.29, 0.717) is 0 Å². The van der Waals surface area contributed by atoms with Crippen LogP contribution in [0.2, 0.25) is 0 Å². The second-order valence-corrected chi connectivity index (χ2v) is 9.37. The molecule has 1 unspecified atom stereocenters. The number of carbonyl (C=O) groups excluding carboxylic acids is 1. The highest BCUT2D eigenvalue weighted by molar-refractivity contribution is 7.92. The van der Waals surface area contributed by atoms with Crippen LogP contribution in [0.3, 0.4) is 0 Å². The van der Waals surface area contributed by atoms with E-state index in [1.807, 2.05) is 30.5 Å². The normalized spacial score (nSPS) is 14.0. The quantitative estimate of drug-likeness (QED) is 0.427. The van der Waals surface area contributed by atoms with Gasteiger partial charge in [0.05, 0.1) is 0 Å². The molecule has 3 rings (SSSR count). The fraction of sp³-hybridized carbons (Fsp3) is 0.263. The number of sulfone groups is 1. The molecule has 28 heavy (non-hydrogen) atoms. The molecule has 0 radical (unpaired) electrons. The zero-order valence-electron chi connectivity index (χ0n) is 15.5. The number of aryl methyl sites for hydroxylation is 1. The highest BCUT2D eigenvalue weighted by atomic mass is 32.2. The highest BCUT2D eigenvalue weighted by Crippen LogP contribution is 2.24. The Morgan fingerprint density at radius 1 is 1.21 bits per heavy atom. The Balaban J connectivity index is 1.86. The Morgan fingerprint density at radius 3 is 2.57 bits per heavy atom. The molecule has 0 bridgehead atoms. The topological polar surface area (TPSA) is 121 Å². The Morgan fingerprint density at radius 2 is 1.93 bits per heavy atom. The van der Waals surface area contributed by atoms with Crippen molar-refractivity contribution in [3.8, 4) is 11.1 Å². The van der Waals surface area contributed by atoms with Gasteiger partial charge in [-0.05, 0) is 54.1 Å². The Hall–Kier alpha value is -2.91. The van der Waals surface area contributed by atoms with Gasteiger partial charge in [-0.2, -0.15) is 0 Å². The maximum atomic E-state index is 12.5. The van der Waals surface area contributed by atoms with Gasteiger partial charge in [-0.3, -0.25) is 14.8 Å².